The molecule has 3 heterocycles. The molecule has 1 radical (unpaired) electrons. The summed E-state index contributed by atoms with van der Waals surface area (Å²) in [6.45, 7) is 25.6. The Morgan fingerprint density at radius 3 is 2.16 bits per heavy atom. The second kappa shape index (κ2) is 17.7. The molecule has 6 heteroatoms. The Labute approximate surface area is 347 Å². The van der Waals surface area contributed by atoms with Crippen LogP contribution in [0.15, 0.2) is 82.5 Å². The van der Waals surface area contributed by atoms with Gasteiger partial charge in [0.15, 0.2) is 5.78 Å². The van der Waals surface area contributed by atoms with Crippen molar-refractivity contribution in [1.29, 1.82) is 0 Å². The molecule has 0 saturated heterocycles. The summed E-state index contributed by atoms with van der Waals surface area (Å²) >= 11 is 1.84. The number of aryl methyl sites for hydroxylation is 1. The fraction of sp³-hybridized carbons (Fsp3) is 0.429. The number of hydrogen-bond donors (Lipinski definition) is 1. The number of hydrogen-bond acceptors (Lipinski definition) is 5. The molecule has 0 aliphatic carbocycles. The number of ketones is 1. The molecule has 0 aliphatic heterocycles. The second-order valence-electron chi connectivity index (χ2n) is 17.0. The van der Waals surface area contributed by atoms with E-state index >= 15 is 0 Å². The topological polar surface area (TPSA) is 63.3 Å². The van der Waals surface area contributed by atoms with Gasteiger partial charge in [0.05, 0.1) is 6.26 Å². The summed E-state index contributed by atoms with van der Waals surface area (Å²) < 4.78 is 7.39. The third kappa shape index (κ3) is 9.19. The zero-order valence-corrected chi connectivity index (χ0v) is 38.2. The number of aromatic nitrogens is 1. The maximum Gasteiger partial charge on any atom is 0.219 e. The number of carbonyl (C=O) groups excluding carboxylic acids is 1. The van der Waals surface area contributed by atoms with E-state index in [4.69, 9.17) is 9.40 Å². The number of carbonyl (C=O) groups is 1. The molecular weight excluding hydrogens is 875 g/mol. The SMILES string of the molecule is CCC(C)(CC)C(=O)/C=C(\O)C(C)(CC)CC.Cc1coc2nc(-c3[c-]c4ccccc4c(C(C)(C)C)c3)cc(-c3ccc(CC(C)C)c4sccc34)c12.[Ir]. The van der Waals surface area contributed by atoms with Gasteiger partial charge in [0, 0.05) is 58.2 Å². The normalized spacial score (nSPS) is 12.6. The van der Waals surface area contributed by atoms with Gasteiger partial charge in [-0.1, -0.05) is 124 Å². The fourth-order valence-electron chi connectivity index (χ4n) is 7.17. The van der Waals surface area contributed by atoms with Gasteiger partial charge in [0.1, 0.15) is 5.76 Å². The Kier molecular flexibility index (Phi) is 14.2. The summed E-state index contributed by atoms with van der Waals surface area (Å²) in [6, 6.07) is 23.6. The first-order valence-electron chi connectivity index (χ1n) is 19.8. The van der Waals surface area contributed by atoms with Gasteiger partial charge < -0.3 is 9.52 Å². The van der Waals surface area contributed by atoms with Gasteiger partial charge >= 0.3 is 0 Å². The summed E-state index contributed by atoms with van der Waals surface area (Å²) in [5.74, 6) is 0.903. The molecule has 0 atom stereocenters. The molecule has 3 aromatic heterocycles. The number of fused-ring (bicyclic) bond motifs is 3. The molecule has 55 heavy (non-hydrogen) atoms. The minimum atomic E-state index is -0.337. The molecule has 4 nitrogen and oxygen atoms in total. The quantitative estimate of drug-likeness (QED) is 0.0799. The average molecular weight is 935 g/mol. The van der Waals surface area contributed by atoms with E-state index in [2.05, 4.69) is 108 Å². The minimum absolute atomic E-state index is 0. The van der Waals surface area contributed by atoms with Crippen molar-refractivity contribution >= 4 is 49.1 Å². The Bertz CT molecular complexity index is 2290. The Balaban J connectivity index is 0.000000320. The van der Waals surface area contributed by atoms with Crippen molar-refractivity contribution in [2.45, 2.75) is 121 Å². The van der Waals surface area contributed by atoms with Crippen LogP contribution in [0.4, 0.5) is 0 Å². The van der Waals surface area contributed by atoms with Gasteiger partial charge in [-0.25, -0.2) is 0 Å². The fourth-order valence-corrected chi connectivity index (χ4v) is 8.12. The maximum absolute atomic E-state index is 12.2. The molecule has 0 spiro atoms. The van der Waals surface area contributed by atoms with Gasteiger partial charge in [0.2, 0.25) is 5.71 Å². The molecule has 0 amide bonds. The molecule has 0 aliphatic rings. The number of pyridine rings is 1. The Hall–Kier alpha value is -3.57. The van der Waals surface area contributed by atoms with Crippen LogP contribution in [0.3, 0.4) is 0 Å². The van der Waals surface area contributed by atoms with Crippen LogP contribution in [0.2, 0.25) is 0 Å². The van der Waals surface area contributed by atoms with E-state index in [1.807, 2.05) is 59.1 Å². The number of rotatable bonds is 11. The molecule has 0 saturated carbocycles. The smallest absolute Gasteiger partial charge is 0.219 e. The number of aliphatic hydroxyl groups excluding tert-OH is 1. The monoisotopic (exact) mass is 935 g/mol. The van der Waals surface area contributed by atoms with Crippen LogP contribution in [0.25, 0.3) is 54.3 Å². The number of furan rings is 1. The van der Waals surface area contributed by atoms with Gasteiger partial charge in [0.25, 0.3) is 0 Å². The maximum atomic E-state index is 12.2. The van der Waals surface area contributed by atoms with Crippen molar-refractivity contribution in [3.8, 4) is 22.4 Å². The van der Waals surface area contributed by atoms with Crippen LogP contribution >= 0.6 is 11.3 Å². The summed E-state index contributed by atoms with van der Waals surface area (Å²) in [7, 11) is 0. The van der Waals surface area contributed by atoms with Gasteiger partial charge in [-0.2, -0.15) is 0 Å². The van der Waals surface area contributed by atoms with Crippen LogP contribution in [-0.4, -0.2) is 15.9 Å². The summed E-state index contributed by atoms with van der Waals surface area (Å²) in [5.41, 5.74) is 8.20. The van der Waals surface area contributed by atoms with Gasteiger partial charge in [-0.05, 0) is 84.1 Å². The summed E-state index contributed by atoms with van der Waals surface area (Å²) in [4.78, 5) is 17.2. The molecule has 0 fully saturated rings. The van der Waals surface area contributed by atoms with Gasteiger partial charge in [-0.15, -0.1) is 40.5 Å². The first-order valence-corrected chi connectivity index (χ1v) is 20.7. The summed E-state index contributed by atoms with van der Waals surface area (Å²) in [6.07, 6.45) is 7.67. The van der Waals surface area contributed by atoms with E-state index in [1.165, 1.54) is 43.8 Å². The standard InChI is InChI=1S/C34H32NOS.C15H28O2.Ir/c1-20(2)15-23-11-12-26(27-13-14-37-32(23)27)28-18-30(35-33-31(28)21(3)19-36-33)24-16-22-9-7-8-10-25(22)29(17-24)34(4,5)6;1-7-14(5,8-2)12(16)11-13(17)15(6,9-3)10-4;/h7-14,17-20H,15H2,1-6H3;11,16H,7-10H2,1-6H3;/q-1;;/b;12-11-;. The first-order chi connectivity index (χ1) is 25.5. The number of aliphatic hydroxyl groups is 1. The molecule has 0 bridgehead atoms. The van der Waals surface area contributed by atoms with E-state index < -0.39 is 0 Å². The van der Waals surface area contributed by atoms with Crippen molar-refractivity contribution in [3.05, 3.63) is 101 Å². The van der Waals surface area contributed by atoms with E-state index in [0.717, 1.165) is 59.7 Å². The predicted molar refractivity (Wildman–Crippen MR) is 232 cm³/mol. The first kappa shape index (κ1) is 44.1. The van der Waals surface area contributed by atoms with Crippen molar-refractivity contribution in [1.82, 2.24) is 4.98 Å². The molecule has 6 rings (SSSR count). The van der Waals surface area contributed by atoms with Crippen LogP contribution in [0.5, 0.6) is 0 Å². The van der Waals surface area contributed by atoms with Crippen LogP contribution in [-0.2, 0) is 36.7 Å². The molecule has 0 unspecified atom stereocenters. The molecule has 6 aromatic rings. The number of nitrogens with zero attached hydrogens (tertiary/aromatic N) is 1. The van der Waals surface area contributed by atoms with E-state index in [1.54, 1.807) is 0 Å². The molecule has 295 valence electrons. The molecular formula is C49H60IrNO3S-. The van der Waals surface area contributed by atoms with Crippen molar-refractivity contribution in [2.24, 2.45) is 16.7 Å². The number of allylic oxidation sites excluding steroid dienone is 2. The van der Waals surface area contributed by atoms with Crippen molar-refractivity contribution in [3.63, 3.8) is 0 Å². The van der Waals surface area contributed by atoms with E-state index in [-0.39, 0.29) is 47.9 Å². The van der Waals surface area contributed by atoms with Gasteiger partial charge in [-0.3, -0.25) is 9.78 Å². The van der Waals surface area contributed by atoms with Crippen LogP contribution in [0, 0.1) is 29.7 Å². The zero-order chi connectivity index (χ0) is 39.6. The van der Waals surface area contributed by atoms with E-state index in [0.29, 0.717) is 11.6 Å². The molecule has 3 aromatic carbocycles. The minimum Gasteiger partial charge on any atom is -0.512 e. The molecule has 1 N–H and O–H groups in total. The van der Waals surface area contributed by atoms with Crippen molar-refractivity contribution in [2.75, 3.05) is 0 Å². The second-order valence-corrected chi connectivity index (χ2v) is 17.9. The summed E-state index contributed by atoms with van der Waals surface area (Å²) in [5, 5.41) is 17.1. The Morgan fingerprint density at radius 2 is 1.55 bits per heavy atom. The largest absolute Gasteiger partial charge is 0.512 e. The van der Waals surface area contributed by atoms with Crippen LogP contribution < -0.4 is 0 Å². The third-order valence-electron chi connectivity index (χ3n) is 11.8. The van der Waals surface area contributed by atoms with Crippen molar-refractivity contribution < 1.29 is 34.4 Å². The zero-order valence-electron chi connectivity index (χ0n) is 35.0. The average Bonchev–Trinajstić information content (AvgIpc) is 3.80. The van der Waals surface area contributed by atoms with Crippen LogP contribution in [0.1, 0.15) is 119 Å². The predicted octanol–water partition coefficient (Wildman–Crippen LogP) is 14.8. The van der Waals surface area contributed by atoms with E-state index in [9.17, 15) is 9.90 Å². The number of benzene rings is 3. The number of thiophene rings is 1. The third-order valence-corrected chi connectivity index (χ3v) is 12.8. The Morgan fingerprint density at radius 1 is 0.891 bits per heavy atom.